The van der Waals surface area contributed by atoms with Crippen LogP contribution in [0.1, 0.15) is 25.7 Å². The van der Waals surface area contributed by atoms with Gasteiger partial charge in [-0.2, -0.15) is 0 Å². The Morgan fingerprint density at radius 2 is 2.08 bits per heavy atom. The highest BCUT2D eigenvalue weighted by atomic mass is 79.9. The number of fused-ring (bicyclic) bond motifs is 2. The number of anilines is 1. The molecule has 0 aromatic heterocycles. The van der Waals surface area contributed by atoms with Crippen LogP contribution < -0.4 is 16.0 Å². The van der Waals surface area contributed by atoms with Crippen LogP contribution in [-0.4, -0.2) is 28.5 Å². The molecule has 1 aromatic rings. The van der Waals surface area contributed by atoms with Crippen molar-refractivity contribution in [2.45, 2.75) is 42.1 Å². The average molecular weight is 424 g/mol. The van der Waals surface area contributed by atoms with Gasteiger partial charge in [0.25, 0.3) is 11.8 Å². The van der Waals surface area contributed by atoms with Gasteiger partial charge >= 0.3 is 0 Å². The number of hydrogen-bond acceptors (Lipinski definition) is 5. The maximum atomic E-state index is 12.6. The molecule has 25 heavy (non-hydrogen) atoms. The Bertz CT molecular complexity index is 782. The molecule has 2 amide bonds. The highest BCUT2D eigenvalue weighted by Crippen LogP contribution is 2.39. The molecule has 3 atom stereocenters. The molecular formula is C17H18BrN3O3S. The lowest BCUT2D eigenvalue weighted by molar-refractivity contribution is -0.125. The van der Waals surface area contributed by atoms with E-state index in [0.29, 0.717) is 0 Å². The fraction of sp³-hybridized carbons (Fsp3) is 0.412. The third kappa shape index (κ3) is 3.13. The zero-order valence-corrected chi connectivity index (χ0v) is 15.7. The van der Waals surface area contributed by atoms with Crippen molar-refractivity contribution >= 4 is 45.2 Å². The molecular weight excluding hydrogens is 406 g/mol. The van der Waals surface area contributed by atoms with Gasteiger partial charge in [-0.25, -0.2) is 0 Å². The largest absolute Gasteiger partial charge is 0.511 e. The Balaban J connectivity index is 1.50. The fourth-order valence-corrected chi connectivity index (χ4v) is 5.23. The van der Waals surface area contributed by atoms with Crippen LogP contribution >= 0.6 is 27.7 Å². The summed E-state index contributed by atoms with van der Waals surface area (Å²) >= 11 is 4.88. The van der Waals surface area contributed by atoms with Crippen LogP contribution in [0.25, 0.3) is 0 Å². The molecule has 1 fully saturated rings. The average Bonchev–Trinajstić information content (AvgIpc) is 2.96. The first-order valence-corrected chi connectivity index (χ1v) is 9.98. The van der Waals surface area contributed by atoms with Gasteiger partial charge in [-0.05, 0) is 31.0 Å². The molecule has 132 valence electrons. The van der Waals surface area contributed by atoms with Gasteiger partial charge in [0.05, 0.1) is 5.69 Å². The maximum absolute atomic E-state index is 12.6. The first-order valence-electron chi connectivity index (χ1n) is 8.30. The van der Waals surface area contributed by atoms with Crippen LogP contribution in [0.2, 0.25) is 0 Å². The minimum absolute atomic E-state index is 0.0571. The van der Waals surface area contributed by atoms with Gasteiger partial charge in [-0.3, -0.25) is 9.59 Å². The van der Waals surface area contributed by atoms with Gasteiger partial charge in [-0.1, -0.05) is 40.5 Å². The number of carbonyl (C=O) groups excluding carboxylic acids is 2. The number of nitrogens with one attached hydrogen (secondary N) is 3. The smallest absolute Gasteiger partial charge is 0.262 e. The third-order valence-corrected chi connectivity index (χ3v) is 6.44. The van der Waals surface area contributed by atoms with Crippen LogP contribution in [0.3, 0.4) is 0 Å². The van der Waals surface area contributed by atoms with E-state index in [1.165, 1.54) is 11.8 Å². The van der Waals surface area contributed by atoms with E-state index in [1.54, 1.807) is 0 Å². The molecule has 1 saturated carbocycles. The Labute approximate surface area is 157 Å². The van der Waals surface area contributed by atoms with Gasteiger partial charge in [-0.15, -0.1) is 0 Å². The zero-order chi connectivity index (χ0) is 17.6. The molecule has 1 aromatic carbocycles. The molecule has 0 radical (unpaired) electrons. The molecule has 2 heterocycles. The highest BCUT2D eigenvalue weighted by Gasteiger charge is 2.40. The summed E-state index contributed by atoms with van der Waals surface area (Å²) in [6.07, 6.45) is 3.68. The molecule has 3 aliphatic rings. The highest BCUT2D eigenvalue weighted by molar-refractivity contribution is 9.10. The number of carbonyl (C=O) groups is 2. The van der Waals surface area contributed by atoms with Crippen molar-refractivity contribution in [1.29, 1.82) is 0 Å². The summed E-state index contributed by atoms with van der Waals surface area (Å²) in [7, 11) is 0. The fourth-order valence-electron chi connectivity index (χ4n) is 3.66. The van der Waals surface area contributed by atoms with Crippen LogP contribution in [0.15, 0.2) is 38.9 Å². The summed E-state index contributed by atoms with van der Waals surface area (Å²) in [6.45, 7) is 0. The minimum Gasteiger partial charge on any atom is -0.511 e. The van der Waals surface area contributed by atoms with E-state index in [9.17, 15) is 14.7 Å². The maximum Gasteiger partial charge on any atom is 0.262 e. The summed E-state index contributed by atoms with van der Waals surface area (Å²) in [5.74, 6) is -1.24. The number of rotatable bonds is 2. The lowest BCUT2D eigenvalue weighted by atomic mass is 9.79. The van der Waals surface area contributed by atoms with Crippen molar-refractivity contribution in [1.82, 2.24) is 10.6 Å². The van der Waals surface area contributed by atoms with E-state index in [2.05, 4.69) is 31.9 Å². The van der Waals surface area contributed by atoms with Gasteiger partial charge in [0, 0.05) is 21.3 Å². The van der Waals surface area contributed by atoms with Crippen molar-refractivity contribution in [2.75, 3.05) is 5.32 Å². The summed E-state index contributed by atoms with van der Waals surface area (Å²) < 4.78 is 0.961. The van der Waals surface area contributed by atoms with E-state index in [1.807, 2.05) is 18.2 Å². The second-order valence-corrected chi connectivity index (χ2v) is 8.55. The van der Waals surface area contributed by atoms with E-state index in [4.69, 9.17) is 0 Å². The van der Waals surface area contributed by atoms with Crippen LogP contribution in [0, 0.1) is 5.92 Å². The quantitative estimate of drug-likeness (QED) is 0.549. The first-order chi connectivity index (χ1) is 12.0. The van der Waals surface area contributed by atoms with Crippen molar-refractivity contribution in [3.63, 3.8) is 0 Å². The SMILES string of the molecule is O=C(NC1Nc2ccc(Br)cc2S1)C1=C(O)C2CCCCC2NC1=O. The van der Waals surface area contributed by atoms with E-state index in [-0.39, 0.29) is 28.8 Å². The van der Waals surface area contributed by atoms with E-state index in [0.717, 1.165) is 40.7 Å². The predicted octanol–water partition coefficient (Wildman–Crippen LogP) is 2.87. The van der Waals surface area contributed by atoms with Crippen molar-refractivity contribution in [2.24, 2.45) is 5.92 Å². The monoisotopic (exact) mass is 423 g/mol. The van der Waals surface area contributed by atoms with Crippen molar-refractivity contribution in [3.8, 4) is 0 Å². The summed E-state index contributed by atoms with van der Waals surface area (Å²) in [5.41, 5.74) is 0.397. The number of aliphatic hydroxyl groups excluding tert-OH is 1. The zero-order valence-electron chi connectivity index (χ0n) is 13.3. The van der Waals surface area contributed by atoms with Crippen LogP contribution in [0.5, 0.6) is 0 Å². The normalized spacial score (nSPS) is 27.9. The van der Waals surface area contributed by atoms with Crippen LogP contribution in [-0.2, 0) is 9.59 Å². The topological polar surface area (TPSA) is 90.5 Å². The molecule has 0 bridgehead atoms. The number of aliphatic hydroxyl groups is 1. The van der Waals surface area contributed by atoms with Crippen molar-refractivity contribution in [3.05, 3.63) is 34.0 Å². The van der Waals surface area contributed by atoms with Crippen LogP contribution in [0.4, 0.5) is 5.69 Å². The molecule has 4 N–H and O–H groups in total. The predicted molar refractivity (Wildman–Crippen MR) is 99.1 cm³/mol. The molecule has 6 nitrogen and oxygen atoms in total. The van der Waals surface area contributed by atoms with Crippen molar-refractivity contribution < 1.29 is 14.7 Å². The minimum atomic E-state index is -0.545. The summed E-state index contributed by atoms with van der Waals surface area (Å²) in [4.78, 5) is 25.9. The Morgan fingerprint density at radius 3 is 2.92 bits per heavy atom. The second-order valence-electron chi connectivity index (χ2n) is 6.49. The second kappa shape index (κ2) is 6.57. The standard InChI is InChI=1S/C17H18BrN3O3S/c18-8-5-6-11-12(7-8)25-17(20-11)21-16(24)13-14(22)9-3-1-2-4-10(9)19-15(13)23/h5-7,9-10,17,20,22H,1-4H2,(H,19,23)(H,21,24). The molecule has 0 saturated heterocycles. The number of hydrogen-bond donors (Lipinski definition) is 4. The van der Waals surface area contributed by atoms with Gasteiger partial charge in [0.2, 0.25) is 0 Å². The summed E-state index contributed by atoms with van der Waals surface area (Å²) in [6, 6.07) is 5.76. The number of thioether (sulfide) groups is 1. The summed E-state index contributed by atoms with van der Waals surface area (Å²) in [5, 5.41) is 19.4. The lowest BCUT2D eigenvalue weighted by Gasteiger charge is -2.36. The molecule has 3 unspecified atom stereocenters. The van der Waals surface area contributed by atoms with Gasteiger partial charge < -0.3 is 21.1 Å². The van der Waals surface area contributed by atoms with E-state index < -0.39 is 11.8 Å². The van der Waals surface area contributed by atoms with Gasteiger partial charge in [0.1, 0.15) is 11.3 Å². The number of amides is 2. The Kier molecular flexibility index (Phi) is 4.41. The third-order valence-electron chi connectivity index (χ3n) is 4.88. The molecule has 1 aliphatic carbocycles. The molecule has 4 rings (SSSR count). The van der Waals surface area contributed by atoms with E-state index >= 15 is 0 Å². The molecule has 0 spiro atoms. The Hall–Kier alpha value is -1.67. The lowest BCUT2D eigenvalue weighted by Crippen LogP contribution is -2.51. The molecule has 8 heteroatoms. The van der Waals surface area contributed by atoms with Gasteiger partial charge in [0.15, 0.2) is 5.50 Å². The first kappa shape index (κ1) is 16.8. The Morgan fingerprint density at radius 1 is 1.28 bits per heavy atom. The molecule has 2 aliphatic heterocycles. The number of benzene rings is 1. The number of halogens is 1.